The minimum absolute atomic E-state index is 0.0130. The molecule has 5 nitrogen and oxygen atoms in total. The van der Waals surface area contributed by atoms with E-state index in [0.29, 0.717) is 23.7 Å². The van der Waals surface area contributed by atoms with E-state index in [2.05, 4.69) is 0 Å². The first-order chi connectivity index (χ1) is 8.08. The third kappa shape index (κ3) is 3.55. The number of hydrogen-bond acceptors (Lipinski definition) is 4. The summed E-state index contributed by atoms with van der Waals surface area (Å²) in [5.74, 6) is 1.07. The number of carbonyl (C=O) groups is 1. The van der Waals surface area contributed by atoms with Gasteiger partial charge < -0.3 is 20.1 Å². The molecule has 1 aromatic carbocycles. The van der Waals surface area contributed by atoms with E-state index >= 15 is 0 Å². The third-order valence-corrected chi connectivity index (χ3v) is 2.47. The minimum Gasteiger partial charge on any atom is -0.497 e. The Morgan fingerprint density at radius 2 is 2.18 bits per heavy atom. The van der Waals surface area contributed by atoms with Crippen LogP contribution in [0.4, 0.5) is 5.69 Å². The Labute approximate surface area is 101 Å². The van der Waals surface area contributed by atoms with Crippen LogP contribution in [0.3, 0.4) is 0 Å². The highest BCUT2D eigenvalue weighted by molar-refractivity contribution is 5.77. The van der Waals surface area contributed by atoms with Gasteiger partial charge in [-0.1, -0.05) is 0 Å². The number of benzene rings is 1. The van der Waals surface area contributed by atoms with Crippen molar-refractivity contribution in [1.82, 2.24) is 4.90 Å². The highest BCUT2D eigenvalue weighted by Crippen LogP contribution is 2.26. The molecular weight excluding hydrogens is 220 g/mol. The minimum atomic E-state index is -0.0808. The molecule has 0 aromatic heterocycles. The average Bonchev–Trinajstić information content (AvgIpc) is 2.35. The zero-order valence-electron chi connectivity index (χ0n) is 10.4. The zero-order chi connectivity index (χ0) is 12.8. The molecule has 5 heteroatoms. The lowest BCUT2D eigenvalue weighted by Crippen LogP contribution is -2.31. The first-order valence-corrected chi connectivity index (χ1v) is 5.38. The van der Waals surface area contributed by atoms with Gasteiger partial charge in [0, 0.05) is 19.7 Å². The molecule has 0 unspecified atom stereocenters. The fourth-order valence-corrected chi connectivity index (χ4v) is 1.21. The molecule has 0 bridgehead atoms. The van der Waals surface area contributed by atoms with Crippen molar-refractivity contribution in [2.45, 2.75) is 6.92 Å². The Bertz CT molecular complexity index is 393. The molecule has 0 atom stereocenters. The summed E-state index contributed by atoms with van der Waals surface area (Å²) in [7, 11) is 3.29. The standard InChI is InChI=1S/C12H18N2O3/c1-4-14(2)12(15)8-17-11-6-5-9(16-3)7-10(11)13/h5-7H,4,8,13H2,1-3H3. The van der Waals surface area contributed by atoms with E-state index in [0.717, 1.165) is 0 Å². The summed E-state index contributed by atoms with van der Waals surface area (Å²) in [6.45, 7) is 2.54. The Kier molecular flexibility index (Phi) is 4.63. The number of anilines is 1. The molecule has 0 saturated heterocycles. The van der Waals surface area contributed by atoms with Gasteiger partial charge in [-0.25, -0.2) is 0 Å². The monoisotopic (exact) mass is 238 g/mol. The summed E-state index contributed by atoms with van der Waals surface area (Å²) in [4.78, 5) is 13.1. The number of carbonyl (C=O) groups excluding carboxylic acids is 1. The largest absolute Gasteiger partial charge is 0.497 e. The van der Waals surface area contributed by atoms with E-state index in [1.54, 1.807) is 37.3 Å². The summed E-state index contributed by atoms with van der Waals surface area (Å²) >= 11 is 0. The molecule has 0 aliphatic carbocycles. The van der Waals surface area contributed by atoms with Crippen LogP contribution in [-0.4, -0.2) is 38.1 Å². The fraction of sp³-hybridized carbons (Fsp3) is 0.417. The van der Waals surface area contributed by atoms with Gasteiger partial charge in [0.15, 0.2) is 6.61 Å². The lowest BCUT2D eigenvalue weighted by atomic mass is 10.3. The maximum atomic E-state index is 11.5. The second kappa shape index (κ2) is 5.98. The van der Waals surface area contributed by atoms with Crippen molar-refractivity contribution in [3.63, 3.8) is 0 Å². The summed E-state index contributed by atoms with van der Waals surface area (Å²) in [5, 5.41) is 0. The number of nitrogens with two attached hydrogens (primary N) is 1. The summed E-state index contributed by atoms with van der Waals surface area (Å²) in [6.07, 6.45) is 0. The fourth-order valence-electron chi connectivity index (χ4n) is 1.21. The molecule has 17 heavy (non-hydrogen) atoms. The van der Waals surface area contributed by atoms with Crippen LogP contribution in [-0.2, 0) is 4.79 Å². The van der Waals surface area contributed by atoms with E-state index in [-0.39, 0.29) is 12.5 Å². The number of methoxy groups -OCH3 is 1. The van der Waals surface area contributed by atoms with E-state index in [1.165, 1.54) is 0 Å². The van der Waals surface area contributed by atoms with Crippen molar-refractivity contribution < 1.29 is 14.3 Å². The Morgan fingerprint density at radius 1 is 1.47 bits per heavy atom. The molecule has 0 saturated carbocycles. The van der Waals surface area contributed by atoms with Gasteiger partial charge in [0.25, 0.3) is 5.91 Å². The number of hydrogen-bond donors (Lipinski definition) is 1. The normalized spacial score (nSPS) is 9.82. The van der Waals surface area contributed by atoms with Crippen LogP contribution in [0.5, 0.6) is 11.5 Å². The van der Waals surface area contributed by atoms with Gasteiger partial charge in [-0.05, 0) is 19.1 Å². The second-order valence-electron chi connectivity index (χ2n) is 3.60. The lowest BCUT2D eigenvalue weighted by molar-refractivity contribution is -0.131. The van der Waals surface area contributed by atoms with Gasteiger partial charge in [-0.15, -0.1) is 0 Å². The van der Waals surface area contributed by atoms with E-state index < -0.39 is 0 Å². The third-order valence-electron chi connectivity index (χ3n) is 2.47. The van der Waals surface area contributed by atoms with Crippen molar-refractivity contribution in [2.75, 3.05) is 33.0 Å². The number of amides is 1. The van der Waals surface area contributed by atoms with Crippen molar-refractivity contribution in [2.24, 2.45) is 0 Å². The topological polar surface area (TPSA) is 64.8 Å². The van der Waals surface area contributed by atoms with Crippen molar-refractivity contribution in [1.29, 1.82) is 0 Å². The first kappa shape index (κ1) is 13.2. The van der Waals surface area contributed by atoms with Crippen LogP contribution < -0.4 is 15.2 Å². The summed E-state index contributed by atoms with van der Waals surface area (Å²) in [5.41, 5.74) is 6.22. The van der Waals surface area contributed by atoms with Gasteiger partial charge >= 0.3 is 0 Å². The van der Waals surface area contributed by atoms with Crippen LogP contribution in [0.15, 0.2) is 18.2 Å². The molecule has 0 heterocycles. The van der Waals surface area contributed by atoms with Gasteiger partial charge in [0.05, 0.1) is 12.8 Å². The number of ether oxygens (including phenoxy) is 2. The number of nitrogens with zero attached hydrogens (tertiary/aromatic N) is 1. The molecule has 0 aliphatic rings. The summed E-state index contributed by atoms with van der Waals surface area (Å²) in [6, 6.07) is 5.08. The smallest absolute Gasteiger partial charge is 0.260 e. The predicted molar refractivity (Wildman–Crippen MR) is 66.2 cm³/mol. The van der Waals surface area contributed by atoms with Crippen LogP contribution >= 0.6 is 0 Å². The molecule has 0 aliphatic heterocycles. The molecule has 1 aromatic rings. The van der Waals surface area contributed by atoms with Crippen LogP contribution in [0.25, 0.3) is 0 Å². The highest BCUT2D eigenvalue weighted by atomic mass is 16.5. The quantitative estimate of drug-likeness (QED) is 0.781. The molecule has 1 amide bonds. The second-order valence-corrected chi connectivity index (χ2v) is 3.60. The predicted octanol–water partition coefficient (Wildman–Crippen LogP) is 1.13. The maximum absolute atomic E-state index is 11.5. The molecule has 0 radical (unpaired) electrons. The van der Waals surface area contributed by atoms with E-state index in [9.17, 15) is 4.79 Å². The molecule has 0 spiro atoms. The van der Waals surface area contributed by atoms with Gasteiger partial charge in [-0.2, -0.15) is 0 Å². The molecule has 1 rings (SSSR count). The lowest BCUT2D eigenvalue weighted by Gasteiger charge is -2.15. The maximum Gasteiger partial charge on any atom is 0.260 e. The first-order valence-electron chi connectivity index (χ1n) is 5.38. The van der Waals surface area contributed by atoms with E-state index in [4.69, 9.17) is 15.2 Å². The highest BCUT2D eigenvalue weighted by Gasteiger charge is 2.09. The Hall–Kier alpha value is -1.91. The summed E-state index contributed by atoms with van der Waals surface area (Å²) < 4.78 is 10.4. The van der Waals surface area contributed by atoms with Gasteiger partial charge in [0.1, 0.15) is 11.5 Å². The van der Waals surface area contributed by atoms with Gasteiger partial charge in [-0.3, -0.25) is 4.79 Å². The Balaban J connectivity index is 2.61. The van der Waals surface area contributed by atoms with Crippen molar-refractivity contribution in [3.8, 4) is 11.5 Å². The van der Waals surface area contributed by atoms with Crippen molar-refractivity contribution in [3.05, 3.63) is 18.2 Å². The molecule has 0 fully saturated rings. The molecule has 94 valence electrons. The SMILES string of the molecule is CCN(C)C(=O)COc1ccc(OC)cc1N. The Morgan fingerprint density at radius 3 is 2.71 bits per heavy atom. The van der Waals surface area contributed by atoms with E-state index in [1.807, 2.05) is 6.92 Å². The number of rotatable bonds is 5. The molecule has 2 N–H and O–H groups in total. The number of nitrogen functional groups attached to an aromatic ring is 1. The van der Waals surface area contributed by atoms with Crippen LogP contribution in [0.2, 0.25) is 0 Å². The van der Waals surface area contributed by atoms with Crippen molar-refractivity contribution >= 4 is 11.6 Å². The van der Waals surface area contributed by atoms with Crippen LogP contribution in [0.1, 0.15) is 6.92 Å². The van der Waals surface area contributed by atoms with Gasteiger partial charge in [0.2, 0.25) is 0 Å². The zero-order valence-corrected chi connectivity index (χ0v) is 10.4. The molecular formula is C12H18N2O3. The number of likely N-dealkylation sites (N-methyl/N-ethyl adjacent to an activating group) is 1. The average molecular weight is 238 g/mol. The van der Waals surface area contributed by atoms with Crippen LogP contribution in [0, 0.1) is 0 Å².